The lowest BCUT2D eigenvalue weighted by atomic mass is 9.97. The van der Waals surface area contributed by atoms with Gasteiger partial charge in [-0.25, -0.2) is 0 Å². The summed E-state index contributed by atoms with van der Waals surface area (Å²) in [4.78, 5) is 4.91. The van der Waals surface area contributed by atoms with Crippen molar-refractivity contribution in [3.63, 3.8) is 0 Å². The number of anilines is 2. The fraction of sp³-hybridized carbons (Fsp3) is 0.261. The number of methoxy groups -OCH3 is 1. The number of benzene rings is 2. The third kappa shape index (κ3) is 2.66. The molecule has 1 N–H and O–H groups in total. The normalized spacial score (nSPS) is 14.2. The van der Waals surface area contributed by atoms with Gasteiger partial charge < -0.3 is 19.5 Å². The first-order chi connectivity index (χ1) is 13.6. The molecule has 0 atom stereocenters. The van der Waals surface area contributed by atoms with Crippen molar-refractivity contribution in [3.05, 3.63) is 52.7 Å². The summed E-state index contributed by atoms with van der Waals surface area (Å²) in [6.45, 7) is 4.43. The zero-order valence-corrected chi connectivity index (χ0v) is 16.3. The summed E-state index contributed by atoms with van der Waals surface area (Å²) in [6, 6.07) is 8.19. The van der Waals surface area contributed by atoms with Crippen LogP contribution >= 0.6 is 0 Å². The third-order valence-corrected chi connectivity index (χ3v) is 5.54. The molecule has 0 amide bonds. The lowest BCUT2D eigenvalue weighted by Gasteiger charge is -2.20. The molecule has 1 aromatic heterocycles. The molecule has 0 radical (unpaired) electrons. The van der Waals surface area contributed by atoms with Crippen LogP contribution < -0.4 is 19.5 Å². The molecule has 0 unspecified atom stereocenters. The second kappa shape index (κ2) is 6.44. The second-order valence-corrected chi connectivity index (χ2v) is 7.26. The van der Waals surface area contributed by atoms with Crippen LogP contribution in [-0.4, -0.2) is 18.9 Å². The molecule has 2 aromatic carbocycles. The highest BCUT2D eigenvalue weighted by Gasteiger charge is 2.21. The second-order valence-electron chi connectivity index (χ2n) is 7.26. The van der Waals surface area contributed by atoms with E-state index >= 15 is 0 Å². The van der Waals surface area contributed by atoms with Crippen LogP contribution in [0, 0.1) is 13.8 Å². The van der Waals surface area contributed by atoms with E-state index in [1.165, 1.54) is 5.56 Å². The van der Waals surface area contributed by atoms with Crippen molar-refractivity contribution in [3.8, 4) is 17.2 Å². The molecule has 2 aliphatic rings. The van der Waals surface area contributed by atoms with Crippen LogP contribution in [0.2, 0.25) is 0 Å². The molecular formula is C23H22N2O3. The van der Waals surface area contributed by atoms with E-state index in [4.69, 9.17) is 19.2 Å². The van der Waals surface area contributed by atoms with E-state index in [9.17, 15) is 0 Å². The van der Waals surface area contributed by atoms with E-state index in [0.29, 0.717) is 0 Å². The van der Waals surface area contributed by atoms with Crippen LogP contribution in [0.25, 0.3) is 17.0 Å². The molecule has 5 rings (SSSR count). The lowest BCUT2D eigenvalue weighted by molar-refractivity contribution is 0.174. The van der Waals surface area contributed by atoms with Gasteiger partial charge in [-0.2, -0.15) is 0 Å². The first-order valence-electron chi connectivity index (χ1n) is 9.49. The van der Waals surface area contributed by atoms with Crippen LogP contribution in [-0.2, 0) is 6.42 Å². The Balaban J connectivity index is 1.72. The van der Waals surface area contributed by atoms with Crippen molar-refractivity contribution in [2.24, 2.45) is 0 Å². The van der Waals surface area contributed by atoms with Gasteiger partial charge in [0.2, 0.25) is 6.79 Å². The maximum absolute atomic E-state index is 5.61. The van der Waals surface area contributed by atoms with Crippen molar-refractivity contribution in [2.75, 3.05) is 19.2 Å². The molecule has 0 saturated heterocycles. The Kier molecular flexibility index (Phi) is 3.90. The Hall–Kier alpha value is -3.21. The zero-order chi connectivity index (χ0) is 19.3. The molecule has 2 heterocycles. The molecule has 1 aliphatic carbocycles. The molecule has 0 bridgehead atoms. The highest BCUT2D eigenvalue weighted by Crippen LogP contribution is 2.42. The molecule has 0 spiro atoms. The van der Waals surface area contributed by atoms with Gasteiger partial charge in [0.25, 0.3) is 0 Å². The minimum atomic E-state index is 0.252. The number of rotatable bonds is 3. The largest absolute Gasteiger partial charge is 0.496 e. The average Bonchev–Trinajstić information content (AvgIpc) is 3.16. The molecule has 0 saturated carbocycles. The number of nitrogens with one attached hydrogen (secondary N) is 1. The maximum Gasteiger partial charge on any atom is 0.231 e. The summed E-state index contributed by atoms with van der Waals surface area (Å²) in [5, 5.41) is 4.66. The van der Waals surface area contributed by atoms with Crippen LogP contribution in [0.1, 0.15) is 28.8 Å². The number of aryl methyl sites for hydroxylation is 2. The summed E-state index contributed by atoms with van der Waals surface area (Å²) in [5.41, 5.74) is 7.52. The number of allylic oxidation sites excluding steroid dienone is 1. The smallest absolute Gasteiger partial charge is 0.231 e. The molecule has 28 heavy (non-hydrogen) atoms. The van der Waals surface area contributed by atoms with Crippen LogP contribution in [0.3, 0.4) is 0 Å². The van der Waals surface area contributed by atoms with Gasteiger partial charge >= 0.3 is 0 Å². The van der Waals surface area contributed by atoms with Crippen molar-refractivity contribution in [1.29, 1.82) is 0 Å². The van der Waals surface area contributed by atoms with Crippen molar-refractivity contribution in [2.45, 2.75) is 26.7 Å². The van der Waals surface area contributed by atoms with Gasteiger partial charge in [0.15, 0.2) is 11.5 Å². The highest BCUT2D eigenvalue weighted by atomic mass is 16.7. The maximum atomic E-state index is 5.61. The van der Waals surface area contributed by atoms with Crippen LogP contribution in [0.4, 0.5) is 11.4 Å². The number of hydrogen-bond acceptors (Lipinski definition) is 5. The molecule has 0 fully saturated rings. The third-order valence-electron chi connectivity index (χ3n) is 5.54. The van der Waals surface area contributed by atoms with E-state index in [1.807, 2.05) is 18.2 Å². The number of nitrogens with zero attached hydrogens (tertiary/aromatic N) is 1. The van der Waals surface area contributed by atoms with Gasteiger partial charge in [0.05, 0.1) is 24.0 Å². The standard InChI is InChI=1S/C23H22N2O3/c1-13-8-15(9-20(26-3)14(13)2)24-23-16-6-4-5-7-18(16)25-19-11-22-21(10-17(19)23)27-12-28-22/h4,6,8-11H,5,7,12H2,1-3H3,(H,24,25). The first-order valence-corrected chi connectivity index (χ1v) is 9.49. The number of aromatic nitrogens is 1. The minimum absolute atomic E-state index is 0.252. The summed E-state index contributed by atoms with van der Waals surface area (Å²) >= 11 is 0. The molecular weight excluding hydrogens is 352 g/mol. The van der Waals surface area contributed by atoms with Gasteiger partial charge in [-0.1, -0.05) is 12.2 Å². The van der Waals surface area contributed by atoms with Crippen LogP contribution in [0.15, 0.2) is 30.3 Å². The highest BCUT2D eigenvalue weighted by molar-refractivity contribution is 6.00. The number of pyridine rings is 1. The molecule has 3 aromatic rings. The summed E-state index contributed by atoms with van der Waals surface area (Å²) in [5.74, 6) is 2.39. The lowest BCUT2D eigenvalue weighted by Crippen LogP contribution is -2.05. The van der Waals surface area contributed by atoms with E-state index < -0.39 is 0 Å². The van der Waals surface area contributed by atoms with E-state index in [1.54, 1.807) is 7.11 Å². The molecule has 5 nitrogen and oxygen atoms in total. The van der Waals surface area contributed by atoms with Gasteiger partial charge in [-0.15, -0.1) is 0 Å². The summed E-state index contributed by atoms with van der Waals surface area (Å²) in [6.07, 6.45) is 6.31. The minimum Gasteiger partial charge on any atom is -0.496 e. The summed E-state index contributed by atoms with van der Waals surface area (Å²) < 4.78 is 16.7. The Morgan fingerprint density at radius 2 is 1.89 bits per heavy atom. The Morgan fingerprint density at radius 1 is 1.07 bits per heavy atom. The fourth-order valence-electron chi connectivity index (χ4n) is 3.90. The zero-order valence-electron chi connectivity index (χ0n) is 16.3. The summed E-state index contributed by atoms with van der Waals surface area (Å²) in [7, 11) is 1.71. The van der Waals surface area contributed by atoms with Crippen molar-refractivity contribution < 1.29 is 14.2 Å². The number of hydrogen-bond donors (Lipinski definition) is 1. The first kappa shape index (κ1) is 16.9. The van der Waals surface area contributed by atoms with Gasteiger partial charge in [0.1, 0.15) is 5.75 Å². The molecule has 5 heteroatoms. The van der Waals surface area contributed by atoms with Gasteiger partial charge in [0, 0.05) is 28.8 Å². The van der Waals surface area contributed by atoms with Gasteiger partial charge in [-0.3, -0.25) is 4.98 Å². The van der Waals surface area contributed by atoms with E-state index in [2.05, 4.69) is 37.4 Å². The van der Waals surface area contributed by atoms with Gasteiger partial charge in [-0.05, 0) is 49.9 Å². The van der Waals surface area contributed by atoms with E-state index in [-0.39, 0.29) is 6.79 Å². The number of ether oxygens (including phenoxy) is 3. The SMILES string of the molecule is COc1cc(Nc2c3c(nc4cc5c(cc24)OCO5)CCC=C3)cc(C)c1C. The molecule has 1 aliphatic heterocycles. The predicted octanol–water partition coefficient (Wildman–Crippen LogP) is 5.29. The Labute approximate surface area is 163 Å². The average molecular weight is 374 g/mol. The monoisotopic (exact) mass is 374 g/mol. The number of fused-ring (bicyclic) bond motifs is 3. The Morgan fingerprint density at radius 3 is 2.71 bits per heavy atom. The van der Waals surface area contributed by atoms with Crippen molar-refractivity contribution in [1.82, 2.24) is 4.98 Å². The Bertz CT molecular complexity index is 1130. The van der Waals surface area contributed by atoms with E-state index in [0.717, 1.165) is 69.2 Å². The quantitative estimate of drug-likeness (QED) is 0.675. The van der Waals surface area contributed by atoms with Crippen LogP contribution in [0.5, 0.6) is 17.2 Å². The van der Waals surface area contributed by atoms with Crippen molar-refractivity contribution >= 4 is 28.4 Å². The fourth-order valence-corrected chi connectivity index (χ4v) is 3.90. The predicted molar refractivity (Wildman–Crippen MR) is 111 cm³/mol. The molecule has 142 valence electrons. The topological polar surface area (TPSA) is 52.6 Å².